The molecule has 1 aromatic heterocycles. The van der Waals surface area contributed by atoms with Crippen LogP contribution < -0.4 is 0 Å². The summed E-state index contributed by atoms with van der Waals surface area (Å²) in [6, 6.07) is 17.4. The summed E-state index contributed by atoms with van der Waals surface area (Å²) in [5.41, 5.74) is 2.76. The molecular formula is C21H17ClN2O2. The van der Waals surface area contributed by atoms with E-state index in [1.54, 1.807) is 13.0 Å². The van der Waals surface area contributed by atoms with Crippen LogP contribution in [0.2, 0.25) is 5.02 Å². The van der Waals surface area contributed by atoms with Gasteiger partial charge in [-0.15, -0.1) is 0 Å². The lowest BCUT2D eigenvalue weighted by Crippen LogP contribution is -2.05. The molecule has 0 fully saturated rings. The third-order valence-corrected chi connectivity index (χ3v) is 4.40. The van der Waals surface area contributed by atoms with Gasteiger partial charge in [-0.3, -0.25) is 0 Å². The minimum absolute atomic E-state index is 0.0208. The smallest absolute Gasteiger partial charge is 0.348 e. The number of aromatic nitrogens is 1. The second-order valence-electron chi connectivity index (χ2n) is 5.71. The zero-order chi connectivity index (χ0) is 18.5. The monoisotopic (exact) mass is 364 g/mol. The molecule has 0 saturated heterocycles. The Bertz CT molecular complexity index is 1030. The summed E-state index contributed by atoms with van der Waals surface area (Å²) in [4.78, 5) is 11.9. The molecule has 3 aromatic rings. The van der Waals surface area contributed by atoms with Crippen molar-refractivity contribution in [3.63, 3.8) is 0 Å². The number of benzene rings is 2. The second-order valence-corrected chi connectivity index (χ2v) is 6.12. The molecule has 0 amide bonds. The van der Waals surface area contributed by atoms with Crippen LogP contribution in [0.4, 0.5) is 0 Å². The number of hydrogen-bond acceptors (Lipinski definition) is 3. The van der Waals surface area contributed by atoms with E-state index in [0.717, 1.165) is 22.0 Å². The van der Waals surface area contributed by atoms with Crippen LogP contribution in [0.15, 0.2) is 60.3 Å². The average molecular weight is 365 g/mol. The fraction of sp³-hybridized carbons (Fsp3) is 0.143. The van der Waals surface area contributed by atoms with E-state index >= 15 is 0 Å². The van der Waals surface area contributed by atoms with Gasteiger partial charge in [0.05, 0.1) is 6.61 Å². The maximum Gasteiger partial charge on any atom is 0.348 e. The molecule has 2 aromatic carbocycles. The van der Waals surface area contributed by atoms with Gasteiger partial charge in [0, 0.05) is 34.2 Å². The number of esters is 1. The van der Waals surface area contributed by atoms with Gasteiger partial charge in [0.2, 0.25) is 0 Å². The number of para-hydroxylation sites is 1. The fourth-order valence-electron chi connectivity index (χ4n) is 2.83. The third kappa shape index (κ3) is 3.63. The summed E-state index contributed by atoms with van der Waals surface area (Å²) in [5.74, 6) is -0.613. The van der Waals surface area contributed by atoms with E-state index in [1.807, 2.05) is 60.8 Å². The zero-order valence-corrected chi connectivity index (χ0v) is 15.0. The molecular weight excluding hydrogens is 348 g/mol. The summed E-state index contributed by atoms with van der Waals surface area (Å²) in [7, 11) is 0. The molecule has 1 heterocycles. The molecule has 0 aliphatic heterocycles. The first-order valence-corrected chi connectivity index (χ1v) is 8.62. The highest BCUT2D eigenvalue weighted by atomic mass is 35.5. The van der Waals surface area contributed by atoms with E-state index in [4.69, 9.17) is 16.3 Å². The Morgan fingerprint density at radius 2 is 1.96 bits per heavy atom. The minimum Gasteiger partial charge on any atom is -0.462 e. The highest BCUT2D eigenvalue weighted by Crippen LogP contribution is 2.26. The van der Waals surface area contributed by atoms with Gasteiger partial charge in [-0.1, -0.05) is 48.0 Å². The predicted molar refractivity (Wildman–Crippen MR) is 103 cm³/mol. The summed E-state index contributed by atoms with van der Waals surface area (Å²) in [5, 5.41) is 10.9. The van der Waals surface area contributed by atoms with Crippen LogP contribution in [0.5, 0.6) is 0 Å². The maximum atomic E-state index is 11.9. The Morgan fingerprint density at radius 1 is 1.23 bits per heavy atom. The Kier molecular flexibility index (Phi) is 5.40. The summed E-state index contributed by atoms with van der Waals surface area (Å²) < 4.78 is 7.00. The van der Waals surface area contributed by atoms with Crippen LogP contribution in [0.1, 0.15) is 18.1 Å². The maximum absolute atomic E-state index is 11.9. The predicted octanol–water partition coefficient (Wildman–Crippen LogP) is 4.81. The van der Waals surface area contributed by atoms with Crippen molar-refractivity contribution < 1.29 is 9.53 Å². The highest BCUT2D eigenvalue weighted by Gasteiger charge is 2.13. The van der Waals surface area contributed by atoms with Crippen LogP contribution in [-0.2, 0) is 16.1 Å². The van der Waals surface area contributed by atoms with E-state index in [2.05, 4.69) is 4.57 Å². The van der Waals surface area contributed by atoms with Crippen LogP contribution >= 0.6 is 11.6 Å². The topological polar surface area (TPSA) is 55.0 Å². The normalized spacial score (nSPS) is 11.3. The molecule has 0 aliphatic rings. The SMILES string of the molecule is CCOC(=O)C(C#N)=Cc1cn(Cc2ccccc2Cl)c2ccccc12. The number of nitriles is 1. The van der Waals surface area contributed by atoms with Crippen molar-refractivity contribution in [2.24, 2.45) is 0 Å². The first kappa shape index (κ1) is 17.8. The standard InChI is InChI=1S/C21H17ClN2O2/c1-2-26-21(25)16(12-23)11-17-14-24(20-10-6-4-8-18(17)20)13-15-7-3-5-9-19(15)22/h3-11,14H,2,13H2,1H3. The van der Waals surface area contributed by atoms with E-state index < -0.39 is 5.97 Å². The molecule has 3 rings (SSSR count). The van der Waals surface area contributed by atoms with E-state index in [9.17, 15) is 10.1 Å². The number of carbonyl (C=O) groups is 1. The fourth-order valence-corrected chi connectivity index (χ4v) is 3.03. The first-order valence-electron chi connectivity index (χ1n) is 8.24. The second kappa shape index (κ2) is 7.90. The summed E-state index contributed by atoms with van der Waals surface area (Å²) in [6.45, 7) is 2.53. The molecule has 0 spiro atoms. The third-order valence-electron chi connectivity index (χ3n) is 4.03. The molecule has 0 saturated carbocycles. The van der Waals surface area contributed by atoms with Gasteiger partial charge >= 0.3 is 5.97 Å². The highest BCUT2D eigenvalue weighted by molar-refractivity contribution is 6.31. The van der Waals surface area contributed by atoms with E-state index in [1.165, 1.54) is 0 Å². The van der Waals surface area contributed by atoms with Crippen molar-refractivity contribution in [3.8, 4) is 6.07 Å². The number of fused-ring (bicyclic) bond motifs is 1. The largest absolute Gasteiger partial charge is 0.462 e. The van der Waals surface area contributed by atoms with Crippen molar-refractivity contribution in [1.29, 1.82) is 5.26 Å². The molecule has 0 bridgehead atoms. The van der Waals surface area contributed by atoms with Crippen LogP contribution in [0.3, 0.4) is 0 Å². The van der Waals surface area contributed by atoms with Crippen LogP contribution in [0.25, 0.3) is 17.0 Å². The molecule has 0 N–H and O–H groups in total. The minimum atomic E-state index is -0.613. The number of nitrogens with zero attached hydrogens (tertiary/aromatic N) is 2. The molecule has 5 heteroatoms. The van der Waals surface area contributed by atoms with Crippen LogP contribution in [-0.4, -0.2) is 17.1 Å². The lowest BCUT2D eigenvalue weighted by Gasteiger charge is -2.07. The molecule has 26 heavy (non-hydrogen) atoms. The van der Waals surface area contributed by atoms with Crippen LogP contribution in [0, 0.1) is 11.3 Å². The lowest BCUT2D eigenvalue weighted by atomic mass is 10.1. The van der Waals surface area contributed by atoms with Gasteiger partial charge < -0.3 is 9.30 Å². The van der Waals surface area contributed by atoms with Gasteiger partial charge in [0.15, 0.2) is 0 Å². The van der Waals surface area contributed by atoms with Gasteiger partial charge in [0.25, 0.3) is 0 Å². The van der Waals surface area contributed by atoms with Gasteiger partial charge in [-0.05, 0) is 30.7 Å². The molecule has 0 atom stereocenters. The molecule has 0 unspecified atom stereocenters. The lowest BCUT2D eigenvalue weighted by molar-refractivity contribution is -0.137. The van der Waals surface area contributed by atoms with Crippen molar-refractivity contribution in [2.75, 3.05) is 6.61 Å². The van der Waals surface area contributed by atoms with Crippen molar-refractivity contribution >= 4 is 34.5 Å². The molecule has 4 nitrogen and oxygen atoms in total. The number of hydrogen-bond donors (Lipinski definition) is 0. The van der Waals surface area contributed by atoms with E-state index in [0.29, 0.717) is 11.6 Å². The first-order chi connectivity index (χ1) is 12.6. The van der Waals surface area contributed by atoms with Crippen molar-refractivity contribution in [2.45, 2.75) is 13.5 Å². The Balaban J connectivity index is 2.07. The van der Waals surface area contributed by atoms with Gasteiger partial charge in [0.1, 0.15) is 11.6 Å². The van der Waals surface area contributed by atoms with E-state index in [-0.39, 0.29) is 12.2 Å². The van der Waals surface area contributed by atoms with Gasteiger partial charge in [-0.2, -0.15) is 5.26 Å². The number of ether oxygens (including phenoxy) is 1. The van der Waals surface area contributed by atoms with Gasteiger partial charge in [-0.25, -0.2) is 4.79 Å². The molecule has 0 aliphatic carbocycles. The Labute approximate surface area is 156 Å². The molecule has 130 valence electrons. The number of halogens is 1. The number of carbonyl (C=O) groups excluding carboxylic acids is 1. The Morgan fingerprint density at radius 3 is 2.69 bits per heavy atom. The summed E-state index contributed by atoms with van der Waals surface area (Å²) in [6.07, 6.45) is 3.49. The molecule has 0 radical (unpaired) electrons. The number of rotatable bonds is 5. The summed E-state index contributed by atoms with van der Waals surface area (Å²) >= 11 is 6.29. The average Bonchev–Trinajstić information content (AvgIpc) is 2.99. The Hall–Kier alpha value is -3.03. The zero-order valence-electron chi connectivity index (χ0n) is 14.3. The van der Waals surface area contributed by atoms with Crippen molar-refractivity contribution in [3.05, 3.63) is 76.5 Å². The quantitative estimate of drug-likeness (QED) is 0.371. The van der Waals surface area contributed by atoms with Crippen molar-refractivity contribution in [1.82, 2.24) is 4.57 Å².